The fraction of sp³-hybridized carbons (Fsp3) is 0.538. The highest BCUT2D eigenvalue weighted by Gasteiger charge is 2.12. The van der Waals surface area contributed by atoms with Crippen LogP contribution in [0.4, 0.5) is 0 Å². The van der Waals surface area contributed by atoms with E-state index in [-0.39, 0.29) is 0 Å². The quantitative estimate of drug-likeness (QED) is 0.758. The van der Waals surface area contributed by atoms with Crippen molar-refractivity contribution in [1.82, 2.24) is 10.2 Å². The molecule has 1 aliphatic rings. The summed E-state index contributed by atoms with van der Waals surface area (Å²) in [6.45, 7) is 3.37. The molecule has 0 bridgehead atoms. The largest absolute Gasteiger partial charge is 0.454 e. The second kappa shape index (κ2) is 5.89. The average Bonchev–Trinajstić information content (AvgIpc) is 2.75. The molecule has 0 atom stereocenters. The maximum Gasteiger partial charge on any atom is 0.231 e. The van der Waals surface area contributed by atoms with Crippen LogP contribution in [0.5, 0.6) is 11.5 Å². The molecule has 0 amide bonds. The third kappa shape index (κ3) is 3.61. The van der Waals surface area contributed by atoms with Gasteiger partial charge in [-0.05, 0) is 51.3 Å². The van der Waals surface area contributed by atoms with Crippen LogP contribution in [0.1, 0.15) is 12.0 Å². The molecule has 0 aromatic heterocycles. The summed E-state index contributed by atoms with van der Waals surface area (Å²) in [5, 5.41) is 3.43. The Morgan fingerprint density at radius 2 is 2.06 bits per heavy atom. The van der Waals surface area contributed by atoms with Crippen molar-refractivity contribution >= 4 is 0 Å². The van der Waals surface area contributed by atoms with Gasteiger partial charge in [0.25, 0.3) is 0 Å². The minimum atomic E-state index is 0.342. The van der Waals surface area contributed by atoms with Crippen LogP contribution in [0.25, 0.3) is 0 Å². The molecule has 0 saturated carbocycles. The third-order valence-electron chi connectivity index (χ3n) is 2.72. The first-order chi connectivity index (χ1) is 8.25. The molecule has 2 rings (SSSR count). The highest BCUT2D eigenvalue weighted by atomic mass is 16.7. The zero-order valence-electron chi connectivity index (χ0n) is 10.5. The molecule has 0 fully saturated rings. The lowest BCUT2D eigenvalue weighted by Crippen LogP contribution is -2.20. The Kier molecular flexibility index (Phi) is 4.23. The van der Waals surface area contributed by atoms with Crippen LogP contribution >= 0.6 is 0 Å². The number of rotatable bonds is 6. The number of hydrogen-bond acceptors (Lipinski definition) is 4. The highest BCUT2D eigenvalue weighted by Crippen LogP contribution is 2.32. The van der Waals surface area contributed by atoms with Gasteiger partial charge >= 0.3 is 0 Å². The standard InChI is InChI=1S/C13H20N2O2/c1-15(2)7-3-6-14-9-11-4-5-12-13(8-11)17-10-16-12/h4-5,8,14H,3,6-7,9-10H2,1-2H3. The number of benzene rings is 1. The second-order valence-electron chi connectivity index (χ2n) is 4.52. The van der Waals surface area contributed by atoms with Crippen molar-refractivity contribution in [2.75, 3.05) is 34.0 Å². The highest BCUT2D eigenvalue weighted by molar-refractivity contribution is 5.44. The molecule has 17 heavy (non-hydrogen) atoms. The van der Waals surface area contributed by atoms with Gasteiger partial charge in [-0.25, -0.2) is 0 Å². The number of fused-ring (bicyclic) bond motifs is 1. The first kappa shape index (κ1) is 12.2. The van der Waals surface area contributed by atoms with Crippen molar-refractivity contribution in [3.05, 3.63) is 23.8 Å². The number of hydrogen-bond donors (Lipinski definition) is 1. The van der Waals surface area contributed by atoms with Crippen LogP contribution in [0, 0.1) is 0 Å². The number of nitrogens with one attached hydrogen (secondary N) is 1. The normalized spacial score (nSPS) is 13.4. The Bertz CT molecular complexity index is 366. The van der Waals surface area contributed by atoms with Gasteiger partial charge in [-0.1, -0.05) is 6.07 Å². The van der Waals surface area contributed by atoms with E-state index in [1.54, 1.807) is 0 Å². The van der Waals surface area contributed by atoms with Crippen molar-refractivity contribution in [3.63, 3.8) is 0 Å². The van der Waals surface area contributed by atoms with Crippen LogP contribution in [0.15, 0.2) is 18.2 Å². The fourth-order valence-corrected chi connectivity index (χ4v) is 1.80. The number of nitrogens with zero attached hydrogens (tertiary/aromatic N) is 1. The van der Waals surface area contributed by atoms with Crippen LogP contribution in [-0.2, 0) is 6.54 Å². The Morgan fingerprint density at radius 3 is 2.88 bits per heavy atom. The molecule has 1 aliphatic heterocycles. The van der Waals surface area contributed by atoms with E-state index in [4.69, 9.17) is 9.47 Å². The second-order valence-corrected chi connectivity index (χ2v) is 4.52. The van der Waals surface area contributed by atoms with Gasteiger partial charge in [0.1, 0.15) is 0 Å². The predicted octanol–water partition coefficient (Wildman–Crippen LogP) is 1.46. The molecule has 0 aliphatic carbocycles. The minimum absolute atomic E-state index is 0.342. The first-order valence-electron chi connectivity index (χ1n) is 5.99. The van der Waals surface area contributed by atoms with Crippen molar-refractivity contribution in [2.24, 2.45) is 0 Å². The van der Waals surface area contributed by atoms with Gasteiger partial charge in [0.15, 0.2) is 11.5 Å². The summed E-state index contributed by atoms with van der Waals surface area (Å²) in [5.74, 6) is 1.71. The predicted molar refractivity (Wildman–Crippen MR) is 67.4 cm³/mol. The van der Waals surface area contributed by atoms with E-state index < -0.39 is 0 Å². The Morgan fingerprint density at radius 1 is 1.24 bits per heavy atom. The summed E-state index contributed by atoms with van der Waals surface area (Å²) in [5.41, 5.74) is 1.24. The molecule has 0 spiro atoms. The van der Waals surface area contributed by atoms with Crippen LogP contribution in [-0.4, -0.2) is 38.9 Å². The van der Waals surface area contributed by atoms with E-state index in [1.165, 1.54) is 5.56 Å². The van der Waals surface area contributed by atoms with Crippen molar-refractivity contribution in [3.8, 4) is 11.5 Å². The summed E-state index contributed by atoms with van der Waals surface area (Å²) in [4.78, 5) is 2.20. The molecule has 0 saturated heterocycles. The summed E-state index contributed by atoms with van der Waals surface area (Å²) < 4.78 is 10.6. The first-order valence-corrected chi connectivity index (χ1v) is 5.99. The van der Waals surface area contributed by atoms with Crippen LogP contribution in [0.2, 0.25) is 0 Å². The monoisotopic (exact) mass is 236 g/mol. The summed E-state index contributed by atoms with van der Waals surface area (Å²) in [7, 11) is 4.19. The maximum atomic E-state index is 5.34. The molecular formula is C13H20N2O2. The van der Waals surface area contributed by atoms with E-state index in [0.29, 0.717) is 6.79 Å². The lowest BCUT2D eigenvalue weighted by atomic mass is 10.2. The average molecular weight is 236 g/mol. The zero-order chi connectivity index (χ0) is 12.1. The Balaban J connectivity index is 1.72. The van der Waals surface area contributed by atoms with Gasteiger partial charge in [0.05, 0.1) is 0 Å². The molecule has 1 aromatic rings. The van der Waals surface area contributed by atoms with Gasteiger partial charge < -0.3 is 19.7 Å². The van der Waals surface area contributed by atoms with Crippen molar-refractivity contribution in [1.29, 1.82) is 0 Å². The zero-order valence-corrected chi connectivity index (χ0v) is 10.5. The topological polar surface area (TPSA) is 33.7 Å². The van der Waals surface area contributed by atoms with E-state index in [9.17, 15) is 0 Å². The molecule has 4 nitrogen and oxygen atoms in total. The van der Waals surface area contributed by atoms with Crippen LogP contribution in [0.3, 0.4) is 0 Å². The molecule has 1 heterocycles. The minimum Gasteiger partial charge on any atom is -0.454 e. The van der Waals surface area contributed by atoms with E-state index in [2.05, 4.69) is 30.4 Å². The summed E-state index contributed by atoms with van der Waals surface area (Å²) in [6, 6.07) is 6.09. The lowest BCUT2D eigenvalue weighted by molar-refractivity contribution is 0.174. The molecule has 1 aromatic carbocycles. The van der Waals surface area contributed by atoms with Crippen molar-refractivity contribution in [2.45, 2.75) is 13.0 Å². The van der Waals surface area contributed by atoms with E-state index >= 15 is 0 Å². The lowest BCUT2D eigenvalue weighted by Gasteiger charge is -2.10. The van der Waals surface area contributed by atoms with Gasteiger partial charge in [0.2, 0.25) is 6.79 Å². The van der Waals surface area contributed by atoms with Crippen molar-refractivity contribution < 1.29 is 9.47 Å². The maximum absolute atomic E-state index is 5.34. The summed E-state index contributed by atoms with van der Waals surface area (Å²) in [6.07, 6.45) is 1.16. The molecule has 0 unspecified atom stereocenters. The summed E-state index contributed by atoms with van der Waals surface area (Å²) >= 11 is 0. The van der Waals surface area contributed by atoms with Gasteiger partial charge in [0, 0.05) is 6.54 Å². The molecule has 1 N–H and O–H groups in total. The van der Waals surface area contributed by atoms with Gasteiger partial charge in [-0.15, -0.1) is 0 Å². The fourth-order valence-electron chi connectivity index (χ4n) is 1.80. The van der Waals surface area contributed by atoms with Gasteiger partial charge in [-0.3, -0.25) is 0 Å². The molecular weight excluding hydrogens is 216 g/mol. The Hall–Kier alpha value is -1.26. The van der Waals surface area contributed by atoms with Crippen LogP contribution < -0.4 is 14.8 Å². The smallest absolute Gasteiger partial charge is 0.231 e. The Labute approximate surface area is 103 Å². The molecule has 94 valence electrons. The number of ether oxygens (including phenoxy) is 2. The van der Waals surface area contributed by atoms with Gasteiger partial charge in [-0.2, -0.15) is 0 Å². The molecule has 4 heteroatoms. The third-order valence-corrected chi connectivity index (χ3v) is 2.72. The molecule has 0 radical (unpaired) electrons. The van der Waals surface area contributed by atoms with E-state index in [1.807, 2.05) is 12.1 Å². The van der Waals surface area contributed by atoms with E-state index in [0.717, 1.165) is 37.6 Å². The SMILES string of the molecule is CN(C)CCCNCc1ccc2c(c1)OCO2.